The number of nitrogens with two attached hydrogens (primary N) is 1. The third-order valence-corrected chi connectivity index (χ3v) is 3.02. The van der Waals surface area contributed by atoms with E-state index in [0.717, 1.165) is 22.6 Å². The molecule has 0 unspecified atom stereocenters. The molecule has 0 aliphatic rings. The van der Waals surface area contributed by atoms with Crippen LogP contribution < -0.4 is 11.3 Å². The molecule has 0 fully saturated rings. The summed E-state index contributed by atoms with van der Waals surface area (Å²) in [4.78, 5) is 0. The van der Waals surface area contributed by atoms with Gasteiger partial charge in [-0.05, 0) is 40.3 Å². The van der Waals surface area contributed by atoms with E-state index in [1.807, 2.05) is 54.6 Å². The van der Waals surface area contributed by atoms with Gasteiger partial charge in [0, 0.05) is 11.3 Å². The van der Waals surface area contributed by atoms with Crippen LogP contribution in [0.5, 0.6) is 0 Å². The molecule has 3 rings (SSSR count). The minimum absolute atomic E-state index is 0.639. The molecule has 0 saturated carbocycles. The molecular formula is C14H14N6. The van der Waals surface area contributed by atoms with Crippen LogP contribution in [0.1, 0.15) is 5.56 Å². The zero-order chi connectivity index (χ0) is 13.8. The van der Waals surface area contributed by atoms with Crippen molar-refractivity contribution in [2.45, 2.75) is 6.54 Å². The van der Waals surface area contributed by atoms with E-state index in [-0.39, 0.29) is 0 Å². The number of anilines is 1. The standard InChI is InChI=1S/C14H14N6/c15-16-13-8-6-12(7-9-13)14-17-18-19-20(14)10-11-4-2-1-3-5-11/h1-9,16H,10,15H2. The topological polar surface area (TPSA) is 81.7 Å². The second-order valence-corrected chi connectivity index (χ2v) is 4.37. The quantitative estimate of drug-likeness (QED) is 0.554. The van der Waals surface area contributed by atoms with Gasteiger partial charge in [-0.2, -0.15) is 0 Å². The first-order chi connectivity index (χ1) is 9.86. The summed E-state index contributed by atoms with van der Waals surface area (Å²) >= 11 is 0. The Balaban J connectivity index is 1.89. The number of hydrogen-bond acceptors (Lipinski definition) is 5. The van der Waals surface area contributed by atoms with Crippen molar-refractivity contribution in [3.8, 4) is 11.4 Å². The molecule has 1 heterocycles. The minimum atomic E-state index is 0.639. The predicted octanol–water partition coefficient (Wildman–Crippen LogP) is 1.67. The maximum atomic E-state index is 5.36. The van der Waals surface area contributed by atoms with E-state index in [9.17, 15) is 0 Å². The second-order valence-electron chi connectivity index (χ2n) is 4.37. The Hall–Kier alpha value is -2.73. The highest BCUT2D eigenvalue weighted by atomic mass is 15.5. The highest BCUT2D eigenvalue weighted by Crippen LogP contribution is 2.18. The Morgan fingerprint density at radius 1 is 1.00 bits per heavy atom. The van der Waals surface area contributed by atoms with E-state index < -0.39 is 0 Å². The average Bonchev–Trinajstić information content (AvgIpc) is 2.96. The van der Waals surface area contributed by atoms with Crippen LogP contribution in [0.2, 0.25) is 0 Å². The SMILES string of the molecule is NNc1ccc(-c2nnnn2Cc2ccccc2)cc1. The van der Waals surface area contributed by atoms with Crippen molar-refractivity contribution in [3.63, 3.8) is 0 Å². The molecule has 0 atom stereocenters. The first kappa shape index (κ1) is 12.3. The van der Waals surface area contributed by atoms with Crippen molar-refractivity contribution in [1.29, 1.82) is 0 Å². The average molecular weight is 266 g/mol. The molecule has 6 heteroatoms. The normalized spacial score (nSPS) is 10.4. The number of nitrogen functional groups attached to an aromatic ring is 1. The Morgan fingerprint density at radius 2 is 1.75 bits per heavy atom. The van der Waals surface area contributed by atoms with E-state index in [2.05, 4.69) is 21.0 Å². The van der Waals surface area contributed by atoms with E-state index in [4.69, 9.17) is 5.84 Å². The van der Waals surface area contributed by atoms with Crippen LogP contribution in [0.3, 0.4) is 0 Å². The largest absolute Gasteiger partial charge is 0.324 e. The molecule has 0 aliphatic heterocycles. The number of rotatable bonds is 4. The zero-order valence-electron chi connectivity index (χ0n) is 10.8. The van der Waals surface area contributed by atoms with Gasteiger partial charge in [-0.15, -0.1) is 5.10 Å². The van der Waals surface area contributed by atoms with Crippen molar-refractivity contribution in [2.24, 2.45) is 5.84 Å². The number of aromatic nitrogens is 4. The van der Waals surface area contributed by atoms with Gasteiger partial charge in [-0.1, -0.05) is 30.3 Å². The number of hydrogen-bond donors (Lipinski definition) is 2. The Morgan fingerprint density at radius 3 is 2.45 bits per heavy atom. The van der Waals surface area contributed by atoms with Crippen LogP contribution in [0.4, 0.5) is 5.69 Å². The summed E-state index contributed by atoms with van der Waals surface area (Å²) in [5.41, 5.74) is 5.54. The van der Waals surface area contributed by atoms with Crippen LogP contribution in [-0.2, 0) is 6.54 Å². The van der Waals surface area contributed by atoms with Gasteiger partial charge in [0.2, 0.25) is 0 Å². The van der Waals surface area contributed by atoms with Gasteiger partial charge >= 0.3 is 0 Å². The highest BCUT2D eigenvalue weighted by molar-refractivity contribution is 5.59. The Kier molecular flexibility index (Phi) is 3.38. The van der Waals surface area contributed by atoms with Crippen LogP contribution in [-0.4, -0.2) is 20.2 Å². The van der Waals surface area contributed by atoms with Gasteiger partial charge in [0.1, 0.15) is 0 Å². The molecule has 1 aromatic heterocycles. The number of nitrogens with zero attached hydrogens (tertiary/aromatic N) is 4. The minimum Gasteiger partial charge on any atom is -0.324 e. The number of tetrazole rings is 1. The summed E-state index contributed by atoms with van der Waals surface area (Å²) in [5.74, 6) is 6.09. The number of nitrogens with one attached hydrogen (secondary N) is 1. The molecule has 2 aromatic carbocycles. The molecule has 3 N–H and O–H groups in total. The summed E-state index contributed by atoms with van der Waals surface area (Å²) in [6, 6.07) is 17.7. The smallest absolute Gasteiger partial charge is 0.182 e. The molecule has 3 aromatic rings. The molecule has 0 saturated heterocycles. The summed E-state index contributed by atoms with van der Waals surface area (Å²) in [6.07, 6.45) is 0. The van der Waals surface area contributed by atoms with Crippen molar-refractivity contribution in [1.82, 2.24) is 20.2 Å². The number of benzene rings is 2. The van der Waals surface area contributed by atoms with Crippen molar-refractivity contribution < 1.29 is 0 Å². The lowest BCUT2D eigenvalue weighted by Gasteiger charge is -2.05. The second kappa shape index (κ2) is 5.50. The lowest BCUT2D eigenvalue weighted by Crippen LogP contribution is -2.06. The summed E-state index contributed by atoms with van der Waals surface area (Å²) < 4.78 is 1.78. The van der Waals surface area contributed by atoms with Crippen LogP contribution in [0.25, 0.3) is 11.4 Å². The molecule has 6 nitrogen and oxygen atoms in total. The molecular weight excluding hydrogens is 252 g/mol. The lowest BCUT2D eigenvalue weighted by atomic mass is 10.2. The van der Waals surface area contributed by atoms with Gasteiger partial charge < -0.3 is 5.43 Å². The zero-order valence-corrected chi connectivity index (χ0v) is 10.8. The van der Waals surface area contributed by atoms with Gasteiger partial charge in [0.05, 0.1) is 6.54 Å². The van der Waals surface area contributed by atoms with Gasteiger partial charge in [0.15, 0.2) is 5.82 Å². The van der Waals surface area contributed by atoms with Gasteiger partial charge in [0.25, 0.3) is 0 Å². The van der Waals surface area contributed by atoms with Crippen LogP contribution in [0.15, 0.2) is 54.6 Å². The third-order valence-electron chi connectivity index (χ3n) is 3.02. The molecule has 100 valence electrons. The predicted molar refractivity (Wildman–Crippen MR) is 76.6 cm³/mol. The fourth-order valence-corrected chi connectivity index (χ4v) is 1.99. The van der Waals surface area contributed by atoms with Gasteiger partial charge in [-0.3, -0.25) is 5.84 Å². The lowest BCUT2D eigenvalue weighted by molar-refractivity contribution is 0.653. The van der Waals surface area contributed by atoms with E-state index >= 15 is 0 Å². The number of hydrazine groups is 1. The van der Waals surface area contributed by atoms with Gasteiger partial charge in [-0.25, -0.2) is 4.68 Å². The molecule has 0 amide bonds. The summed E-state index contributed by atoms with van der Waals surface area (Å²) in [7, 11) is 0. The first-order valence-electron chi connectivity index (χ1n) is 6.24. The fraction of sp³-hybridized carbons (Fsp3) is 0.0714. The van der Waals surface area contributed by atoms with E-state index in [0.29, 0.717) is 6.54 Å². The van der Waals surface area contributed by atoms with Crippen molar-refractivity contribution in [2.75, 3.05) is 5.43 Å². The van der Waals surface area contributed by atoms with Crippen LogP contribution >= 0.6 is 0 Å². The van der Waals surface area contributed by atoms with E-state index in [1.54, 1.807) is 4.68 Å². The molecule has 0 radical (unpaired) electrons. The highest BCUT2D eigenvalue weighted by Gasteiger charge is 2.09. The molecule has 0 aliphatic carbocycles. The summed E-state index contributed by atoms with van der Waals surface area (Å²) in [5, 5.41) is 11.9. The monoisotopic (exact) mass is 266 g/mol. The third kappa shape index (κ3) is 2.50. The Bertz CT molecular complexity index is 674. The first-order valence-corrected chi connectivity index (χ1v) is 6.24. The molecule has 20 heavy (non-hydrogen) atoms. The molecule has 0 spiro atoms. The maximum Gasteiger partial charge on any atom is 0.182 e. The maximum absolute atomic E-state index is 5.36. The summed E-state index contributed by atoms with van der Waals surface area (Å²) in [6.45, 7) is 0.639. The van der Waals surface area contributed by atoms with Crippen molar-refractivity contribution in [3.05, 3.63) is 60.2 Å². The van der Waals surface area contributed by atoms with Crippen molar-refractivity contribution >= 4 is 5.69 Å². The van der Waals surface area contributed by atoms with E-state index in [1.165, 1.54) is 0 Å². The Labute approximate surface area is 116 Å². The fourth-order valence-electron chi connectivity index (χ4n) is 1.99. The van der Waals surface area contributed by atoms with Crippen LogP contribution in [0, 0.1) is 0 Å². The molecule has 0 bridgehead atoms.